The van der Waals surface area contributed by atoms with Gasteiger partial charge in [0.05, 0.1) is 25.5 Å². The average molecular weight is 488 g/mol. The van der Waals surface area contributed by atoms with Crippen LogP contribution in [0.5, 0.6) is 11.5 Å². The molecule has 0 saturated carbocycles. The van der Waals surface area contributed by atoms with Gasteiger partial charge in [-0.1, -0.05) is 54.6 Å². The van der Waals surface area contributed by atoms with E-state index in [4.69, 9.17) is 14.5 Å². The van der Waals surface area contributed by atoms with E-state index in [1.165, 1.54) is 5.56 Å². The zero-order chi connectivity index (χ0) is 24.4. The van der Waals surface area contributed by atoms with Crippen LogP contribution in [0.1, 0.15) is 58.0 Å². The number of hydrogen-bond acceptors (Lipinski definition) is 6. The molecule has 0 aromatic heterocycles. The highest BCUT2D eigenvalue weighted by Gasteiger charge is 2.35. The minimum Gasteiger partial charge on any atom is -0.493 e. The van der Waals surface area contributed by atoms with Gasteiger partial charge in [-0.05, 0) is 42.4 Å². The fraction of sp³-hybridized carbons (Fsp3) is 0.310. The second-order valence-electron chi connectivity index (χ2n) is 8.79. The summed E-state index contributed by atoms with van der Waals surface area (Å²) < 4.78 is 11.5. The van der Waals surface area contributed by atoms with Crippen LogP contribution in [0, 0.1) is 0 Å². The average Bonchev–Trinajstić information content (AvgIpc) is 2.92. The Balaban J connectivity index is 1.51. The summed E-state index contributed by atoms with van der Waals surface area (Å²) in [7, 11) is 1.66. The van der Waals surface area contributed by atoms with Crippen molar-refractivity contribution in [1.82, 2.24) is 0 Å². The standard InChI is InChI=1S/C29H29NO4S/c1-3-34-26-15-21-22(16-25(26)33-2)27(30-24-13-14-35-17-23(21)24)18-9-11-20(12-10-18)29(32)28(31)19-7-5-4-6-8-19/h4-12,15-16,23-24,29,32H,3,13-14,17H2,1-2H3/t23-,24-,29?/m1/s1. The van der Waals surface area contributed by atoms with E-state index in [0.717, 1.165) is 40.5 Å². The number of aliphatic hydroxyl groups excluding tert-OH is 1. The SMILES string of the molecule is CCOc1cc2c(cc1OC)C(c1ccc(C(O)C(=O)c3ccccc3)cc1)=N[C@@H]1CCSC[C@H]21. The van der Waals surface area contributed by atoms with Gasteiger partial charge >= 0.3 is 0 Å². The summed E-state index contributed by atoms with van der Waals surface area (Å²) >= 11 is 1.98. The number of hydrogen-bond donors (Lipinski definition) is 1. The summed E-state index contributed by atoms with van der Waals surface area (Å²) in [5, 5.41) is 10.7. The Kier molecular flexibility index (Phi) is 6.93. The summed E-state index contributed by atoms with van der Waals surface area (Å²) in [6.07, 6.45) is -0.169. The van der Waals surface area contributed by atoms with Crippen molar-refractivity contribution in [3.8, 4) is 11.5 Å². The van der Waals surface area contributed by atoms with Crippen LogP contribution in [0.25, 0.3) is 0 Å². The van der Waals surface area contributed by atoms with Crippen molar-refractivity contribution >= 4 is 23.3 Å². The maximum Gasteiger partial charge on any atom is 0.195 e. The molecule has 1 saturated heterocycles. The molecule has 5 rings (SSSR count). The van der Waals surface area contributed by atoms with Crippen LogP contribution in [0.4, 0.5) is 0 Å². The summed E-state index contributed by atoms with van der Waals surface area (Å²) in [6.45, 7) is 2.55. The fourth-order valence-corrected chi connectivity index (χ4v) is 6.12. The van der Waals surface area contributed by atoms with Crippen LogP contribution in [0.3, 0.4) is 0 Å². The van der Waals surface area contributed by atoms with E-state index in [9.17, 15) is 9.90 Å². The Bertz CT molecular complexity index is 1240. The van der Waals surface area contributed by atoms with E-state index in [2.05, 4.69) is 6.07 Å². The van der Waals surface area contributed by atoms with Crippen molar-refractivity contribution < 1.29 is 19.4 Å². The van der Waals surface area contributed by atoms with Crippen molar-refractivity contribution in [2.75, 3.05) is 25.2 Å². The number of aliphatic hydroxyl groups is 1. The molecule has 180 valence electrons. The molecular formula is C29H29NO4S. The largest absolute Gasteiger partial charge is 0.493 e. The molecule has 1 fully saturated rings. The summed E-state index contributed by atoms with van der Waals surface area (Å²) in [5.74, 6) is 3.65. The predicted octanol–water partition coefficient (Wildman–Crippen LogP) is 5.45. The lowest BCUT2D eigenvalue weighted by atomic mass is 9.81. The van der Waals surface area contributed by atoms with Gasteiger partial charge in [0.15, 0.2) is 17.3 Å². The first-order valence-corrected chi connectivity index (χ1v) is 13.1. The van der Waals surface area contributed by atoms with Crippen molar-refractivity contribution in [1.29, 1.82) is 0 Å². The molecule has 3 aromatic rings. The third kappa shape index (κ3) is 4.60. The molecule has 0 radical (unpaired) electrons. The quantitative estimate of drug-likeness (QED) is 0.449. The first-order chi connectivity index (χ1) is 17.1. The zero-order valence-corrected chi connectivity index (χ0v) is 20.8. The molecule has 6 heteroatoms. The van der Waals surface area contributed by atoms with Crippen LogP contribution < -0.4 is 9.47 Å². The molecule has 35 heavy (non-hydrogen) atoms. The van der Waals surface area contributed by atoms with Crippen molar-refractivity contribution in [2.24, 2.45) is 4.99 Å². The number of carbonyl (C=O) groups is 1. The molecule has 0 amide bonds. The third-order valence-corrected chi connectivity index (χ3v) is 7.83. The van der Waals surface area contributed by atoms with E-state index in [-0.39, 0.29) is 11.8 Å². The topological polar surface area (TPSA) is 68.1 Å². The summed E-state index contributed by atoms with van der Waals surface area (Å²) in [4.78, 5) is 17.9. The number of thioether (sulfide) groups is 1. The van der Waals surface area contributed by atoms with Gasteiger partial charge in [0.25, 0.3) is 0 Å². The first kappa shape index (κ1) is 23.6. The van der Waals surface area contributed by atoms with Gasteiger partial charge in [-0.15, -0.1) is 0 Å². The Morgan fingerprint density at radius 1 is 1.11 bits per heavy atom. The van der Waals surface area contributed by atoms with Crippen LogP contribution in [0.15, 0.2) is 71.7 Å². The maximum atomic E-state index is 12.7. The van der Waals surface area contributed by atoms with E-state index < -0.39 is 6.10 Å². The number of nitrogens with zero attached hydrogens (tertiary/aromatic N) is 1. The summed E-state index contributed by atoms with van der Waals surface area (Å²) in [6, 6.07) is 20.8. The van der Waals surface area contributed by atoms with E-state index in [0.29, 0.717) is 29.4 Å². The monoisotopic (exact) mass is 487 g/mol. The molecule has 0 spiro atoms. The normalized spacial score (nSPS) is 19.7. The van der Waals surface area contributed by atoms with Gasteiger partial charge in [0.2, 0.25) is 0 Å². The van der Waals surface area contributed by atoms with Gasteiger partial charge in [-0.2, -0.15) is 11.8 Å². The Labute approximate surface area is 210 Å². The van der Waals surface area contributed by atoms with Gasteiger partial charge in [0, 0.05) is 28.4 Å². The second-order valence-corrected chi connectivity index (χ2v) is 9.94. The van der Waals surface area contributed by atoms with Crippen molar-refractivity contribution in [3.05, 3.63) is 94.5 Å². The van der Waals surface area contributed by atoms with Gasteiger partial charge < -0.3 is 14.6 Å². The van der Waals surface area contributed by atoms with Crippen molar-refractivity contribution in [2.45, 2.75) is 31.4 Å². The number of carbonyl (C=O) groups excluding carboxylic acids is 1. The number of methoxy groups -OCH3 is 1. The lowest BCUT2D eigenvalue weighted by Gasteiger charge is -2.35. The number of ether oxygens (including phenoxy) is 2. The minimum absolute atomic E-state index is 0.228. The number of aliphatic imine (C=N–C) groups is 1. The molecule has 1 unspecified atom stereocenters. The highest BCUT2D eigenvalue weighted by Crippen LogP contribution is 2.44. The molecule has 1 N–H and O–H groups in total. The van der Waals surface area contributed by atoms with Crippen LogP contribution in [-0.2, 0) is 0 Å². The predicted molar refractivity (Wildman–Crippen MR) is 140 cm³/mol. The number of benzene rings is 3. The highest BCUT2D eigenvalue weighted by atomic mass is 32.2. The van der Waals surface area contributed by atoms with Gasteiger partial charge in [-0.3, -0.25) is 9.79 Å². The molecule has 3 atom stereocenters. The third-order valence-electron chi connectivity index (χ3n) is 6.71. The molecule has 0 aliphatic carbocycles. The Morgan fingerprint density at radius 3 is 2.60 bits per heavy atom. The van der Waals surface area contributed by atoms with Crippen LogP contribution in [-0.4, -0.2) is 47.9 Å². The van der Waals surface area contributed by atoms with Gasteiger partial charge in [-0.25, -0.2) is 0 Å². The number of Topliss-reactive ketones (excluding diaryl/α,β-unsaturated/α-hetero) is 1. The lowest BCUT2D eigenvalue weighted by Crippen LogP contribution is -2.31. The van der Waals surface area contributed by atoms with Gasteiger partial charge in [0.1, 0.15) is 6.10 Å². The number of fused-ring (bicyclic) bond motifs is 3. The minimum atomic E-state index is -1.21. The number of rotatable bonds is 7. The molecule has 2 aliphatic heterocycles. The smallest absolute Gasteiger partial charge is 0.195 e. The molecular weight excluding hydrogens is 458 g/mol. The summed E-state index contributed by atoms with van der Waals surface area (Å²) in [5.41, 5.74) is 5.24. The Hall–Kier alpha value is -3.09. The van der Waals surface area contributed by atoms with E-state index >= 15 is 0 Å². The molecule has 2 aliphatic rings. The van der Waals surface area contributed by atoms with E-state index in [1.54, 1.807) is 31.4 Å². The van der Waals surface area contributed by atoms with Crippen molar-refractivity contribution in [3.63, 3.8) is 0 Å². The lowest BCUT2D eigenvalue weighted by molar-refractivity contribution is 0.0747. The van der Waals surface area contributed by atoms with Crippen LogP contribution in [0.2, 0.25) is 0 Å². The Morgan fingerprint density at radius 2 is 1.89 bits per heavy atom. The zero-order valence-electron chi connectivity index (χ0n) is 19.9. The fourth-order valence-electron chi connectivity index (χ4n) is 4.89. The maximum absolute atomic E-state index is 12.7. The van der Waals surface area contributed by atoms with E-state index in [1.807, 2.05) is 55.1 Å². The molecule has 3 aromatic carbocycles. The number of ketones is 1. The molecule has 0 bridgehead atoms. The van der Waals surface area contributed by atoms with Crippen LogP contribution >= 0.6 is 11.8 Å². The molecule has 5 nitrogen and oxygen atoms in total. The highest BCUT2D eigenvalue weighted by molar-refractivity contribution is 7.99. The molecule has 2 heterocycles. The first-order valence-electron chi connectivity index (χ1n) is 12.0. The second kappa shape index (κ2) is 10.3.